The monoisotopic (exact) mass is 387 g/mol. The van der Waals surface area contributed by atoms with E-state index in [9.17, 15) is 4.79 Å². The Morgan fingerprint density at radius 3 is 2.57 bits per heavy atom. The van der Waals surface area contributed by atoms with E-state index in [-0.39, 0.29) is 11.9 Å². The van der Waals surface area contributed by atoms with Crippen molar-refractivity contribution in [3.05, 3.63) is 23.9 Å². The molecule has 3 rings (SSSR count). The van der Waals surface area contributed by atoms with E-state index >= 15 is 0 Å². The van der Waals surface area contributed by atoms with E-state index in [4.69, 9.17) is 9.73 Å². The van der Waals surface area contributed by atoms with Crippen LogP contribution < -0.4 is 10.2 Å². The van der Waals surface area contributed by atoms with E-state index in [1.165, 1.54) is 12.8 Å². The van der Waals surface area contributed by atoms with Crippen LogP contribution in [-0.2, 0) is 16.1 Å². The minimum atomic E-state index is -0.0618. The Morgan fingerprint density at radius 1 is 1.21 bits per heavy atom. The first-order chi connectivity index (χ1) is 13.7. The van der Waals surface area contributed by atoms with Crippen molar-refractivity contribution < 1.29 is 9.53 Å². The van der Waals surface area contributed by atoms with Gasteiger partial charge < -0.3 is 19.9 Å². The van der Waals surface area contributed by atoms with Gasteiger partial charge in [0.25, 0.3) is 0 Å². The molecule has 2 aliphatic rings. The molecule has 0 amide bonds. The lowest BCUT2D eigenvalue weighted by atomic mass is 9.97. The molecule has 7 nitrogen and oxygen atoms in total. The average Bonchev–Trinajstić information content (AvgIpc) is 3.27. The average molecular weight is 388 g/mol. The van der Waals surface area contributed by atoms with Gasteiger partial charge in [-0.3, -0.25) is 4.79 Å². The molecule has 0 bridgehead atoms. The highest BCUT2D eigenvalue weighted by Crippen LogP contribution is 2.20. The molecule has 0 aromatic carbocycles. The zero-order valence-corrected chi connectivity index (χ0v) is 17.2. The van der Waals surface area contributed by atoms with Gasteiger partial charge in [-0.25, -0.2) is 9.98 Å². The van der Waals surface area contributed by atoms with Crippen molar-refractivity contribution in [2.45, 2.75) is 46.1 Å². The maximum absolute atomic E-state index is 11.9. The molecular formula is C21H33N5O2. The van der Waals surface area contributed by atoms with Gasteiger partial charge in [0.1, 0.15) is 5.82 Å². The van der Waals surface area contributed by atoms with Gasteiger partial charge in [-0.05, 0) is 51.2 Å². The zero-order valence-electron chi connectivity index (χ0n) is 17.2. The fourth-order valence-corrected chi connectivity index (χ4v) is 3.82. The van der Waals surface area contributed by atoms with Gasteiger partial charge in [0, 0.05) is 38.9 Å². The van der Waals surface area contributed by atoms with E-state index in [1.807, 2.05) is 13.1 Å². The van der Waals surface area contributed by atoms with Crippen LogP contribution in [0, 0.1) is 5.92 Å². The summed E-state index contributed by atoms with van der Waals surface area (Å²) in [7, 11) is 0. The predicted molar refractivity (Wildman–Crippen MR) is 111 cm³/mol. The van der Waals surface area contributed by atoms with Gasteiger partial charge in [0.15, 0.2) is 5.96 Å². The molecule has 0 radical (unpaired) electrons. The third-order valence-electron chi connectivity index (χ3n) is 5.40. The van der Waals surface area contributed by atoms with Crippen molar-refractivity contribution in [1.29, 1.82) is 0 Å². The van der Waals surface area contributed by atoms with Crippen molar-refractivity contribution in [2.75, 3.05) is 44.2 Å². The molecule has 154 valence electrons. The smallest absolute Gasteiger partial charge is 0.309 e. The maximum Gasteiger partial charge on any atom is 0.309 e. The zero-order chi connectivity index (χ0) is 19.8. The number of nitrogens with one attached hydrogen (secondary N) is 1. The number of rotatable bonds is 6. The summed E-state index contributed by atoms with van der Waals surface area (Å²) in [6.45, 7) is 9.67. The summed E-state index contributed by atoms with van der Waals surface area (Å²) in [5, 5.41) is 3.38. The van der Waals surface area contributed by atoms with Crippen LogP contribution in [0.2, 0.25) is 0 Å². The molecule has 0 saturated carbocycles. The normalized spacial score (nSPS) is 18.4. The highest BCUT2D eigenvalue weighted by molar-refractivity contribution is 5.80. The van der Waals surface area contributed by atoms with E-state index in [0.29, 0.717) is 13.2 Å². The molecule has 2 saturated heterocycles. The summed E-state index contributed by atoms with van der Waals surface area (Å²) in [6.07, 6.45) is 6.08. The number of hydrogen-bond donors (Lipinski definition) is 1. The van der Waals surface area contributed by atoms with Crippen molar-refractivity contribution in [3.8, 4) is 0 Å². The molecule has 28 heavy (non-hydrogen) atoms. The number of carbonyl (C=O) groups excluding carboxylic acids is 1. The molecule has 1 N–H and O–H groups in total. The third-order valence-corrected chi connectivity index (χ3v) is 5.40. The lowest BCUT2D eigenvalue weighted by Crippen LogP contribution is -2.46. The molecule has 1 aromatic heterocycles. The Morgan fingerprint density at radius 2 is 1.96 bits per heavy atom. The number of esters is 1. The number of aromatic nitrogens is 1. The van der Waals surface area contributed by atoms with Gasteiger partial charge in [0.2, 0.25) is 0 Å². The molecule has 0 unspecified atom stereocenters. The van der Waals surface area contributed by atoms with E-state index in [1.54, 1.807) is 0 Å². The minimum absolute atomic E-state index is 0.0152. The number of nitrogens with zero attached hydrogens (tertiary/aromatic N) is 4. The first kappa shape index (κ1) is 20.4. The van der Waals surface area contributed by atoms with Crippen LogP contribution >= 0.6 is 0 Å². The Balaban J connectivity index is 1.56. The first-order valence-electron chi connectivity index (χ1n) is 10.6. The summed E-state index contributed by atoms with van der Waals surface area (Å²) in [5.74, 6) is 1.93. The van der Waals surface area contributed by atoms with Crippen LogP contribution in [-0.4, -0.2) is 61.1 Å². The van der Waals surface area contributed by atoms with Gasteiger partial charge in [-0.15, -0.1) is 0 Å². The van der Waals surface area contributed by atoms with Crippen LogP contribution in [0.3, 0.4) is 0 Å². The second-order valence-corrected chi connectivity index (χ2v) is 7.40. The van der Waals surface area contributed by atoms with Crippen molar-refractivity contribution in [3.63, 3.8) is 0 Å². The van der Waals surface area contributed by atoms with Crippen LogP contribution in [0.4, 0.5) is 5.82 Å². The van der Waals surface area contributed by atoms with E-state index < -0.39 is 0 Å². The number of ether oxygens (including phenoxy) is 1. The molecule has 3 heterocycles. The molecule has 2 fully saturated rings. The number of carbonyl (C=O) groups is 1. The summed E-state index contributed by atoms with van der Waals surface area (Å²) in [4.78, 5) is 25.9. The number of aliphatic imine (C=N–C) groups is 1. The van der Waals surface area contributed by atoms with Gasteiger partial charge in [-0.2, -0.15) is 0 Å². The van der Waals surface area contributed by atoms with Crippen molar-refractivity contribution >= 4 is 17.7 Å². The second kappa shape index (κ2) is 10.3. The molecule has 0 aliphatic carbocycles. The summed E-state index contributed by atoms with van der Waals surface area (Å²) < 4.78 is 5.16. The number of likely N-dealkylation sites (tertiary alicyclic amines) is 1. The molecule has 0 atom stereocenters. The Labute approximate surface area is 168 Å². The molecule has 2 aliphatic heterocycles. The van der Waals surface area contributed by atoms with Gasteiger partial charge in [0.05, 0.1) is 19.1 Å². The van der Waals surface area contributed by atoms with Gasteiger partial charge >= 0.3 is 5.97 Å². The second-order valence-electron chi connectivity index (χ2n) is 7.40. The summed E-state index contributed by atoms with van der Waals surface area (Å²) in [6, 6.07) is 4.23. The standard InChI is InChI=1S/C21H33N5O2/c1-3-22-21(26-13-9-18(10-14-26)20(27)28-4-2)24-16-17-7-8-19(23-15-17)25-11-5-6-12-25/h7-8,15,18H,3-6,9-14,16H2,1-2H3,(H,22,24). The van der Waals surface area contributed by atoms with Crippen LogP contribution in [0.1, 0.15) is 45.1 Å². The number of anilines is 1. The minimum Gasteiger partial charge on any atom is -0.466 e. The topological polar surface area (TPSA) is 70.1 Å². The van der Waals surface area contributed by atoms with Gasteiger partial charge in [-0.1, -0.05) is 6.07 Å². The van der Waals surface area contributed by atoms with Crippen LogP contribution in [0.5, 0.6) is 0 Å². The highest BCUT2D eigenvalue weighted by atomic mass is 16.5. The number of pyridine rings is 1. The largest absolute Gasteiger partial charge is 0.466 e. The summed E-state index contributed by atoms with van der Waals surface area (Å²) >= 11 is 0. The lowest BCUT2D eigenvalue weighted by Gasteiger charge is -2.33. The maximum atomic E-state index is 11.9. The van der Waals surface area contributed by atoms with Crippen molar-refractivity contribution in [2.24, 2.45) is 10.9 Å². The molecular weight excluding hydrogens is 354 g/mol. The summed E-state index contributed by atoms with van der Waals surface area (Å²) in [5.41, 5.74) is 1.11. The third kappa shape index (κ3) is 5.36. The molecule has 0 spiro atoms. The molecule has 7 heteroatoms. The predicted octanol–water partition coefficient (Wildman–Crippen LogP) is 2.42. The fourth-order valence-electron chi connectivity index (χ4n) is 3.82. The highest BCUT2D eigenvalue weighted by Gasteiger charge is 2.27. The lowest BCUT2D eigenvalue weighted by molar-refractivity contribution is -0.149. The number of hydrogen-bond acceptors (Lipinski definition) is 5. The van der Waals surface area contributed by atoms with Crippen LogP contribution in [0.25, 0.3) is 0 Å². The van der Waals surface area contributed by atoms with Crippen molar-refractivity contribution in [1.82, 2.24) is 15.2 Å². The Kier molecular flexibility index (Phi) is 7.51. The SMILES string of the molecule is CCNC(=NCc1ccc(N2CCCC2)nc1)N1CCC(C(=O)OCC)CC1. The van der Waals surface area contributed by atoms with Crippen LogP contribution in [0.15, 0.2) is 23.3 Å². The number of piperidine rings is 1. The quantitative estimate of drug-likeness (QED) is 0.459. The number of guanidine groups is 1. The molecule has 1 aromatic rings. The Bertz CT molecular complexity index is 647. The van der Waals surface area contributed by atoms with E-state index in [2.05, 4.69) is 39.2 Å². The van der Waals surface area contributed by atoms with E-state index in [0.717, 1.165) is 62.9 Å². The fraction of sp³-hybridized carbons (Fsp3) is 0.667. The Hall–Kier alpha value is -2.31. The first-order valence-corrected chi connectivity index (χ1v) is 10.6.